The molecule has 0 unspecified atom stereocenters. The van der Waals surface area contributed by atoms with E-state index >= 15 is 0 Å². The summed E-state index contributed by atoms with van der Waals surface area (Å²) in [4.78, 5) is 9.66. The van der Waals surface area contributed by atoms with Gasteiger partial charge in [0, 0.05) is 12.6 Å². The Labute approximate surface area is 114 Å². The molecule has 0 fully saturated rings. The van der Waals surface area contributed by atoms with Crippen LogP contribution in [0.2, 0.25) is 0 Å². The Morgan fingerprint density at radius 3 is 2.38 bits per heavy atom. The first-order valence-electron chi connectivity index (χ1n) is 3.84. The van der Waals surface area contributed by atoms with Crippen molar-refractivity contribution in [2.75, 3.05) is 5.32 Å². The fourth-order valence-corrected chi connectivity index (χ4v) is 1.52. The van der Waals surface area contributed by atoms with Gasteiger partial charge in [-0.15, -0.1) is 0 Å². The summed E-state index contributed by atoms with van der Waals surface area (Å²) < 4.78 is 44.6. The van der Waals surface area contributed by atoms with Crippen molar-refractivity contribution in [1.29, 1.82) is 0 Å². The molecule has 0 aromatic heterocycles. The maximum absolute atomic E-state index is 13.1. The van der Waals surface area contributed by atoms with Crippen LogP contribution in [0.25, 0.3) is 0 Å². The van der Waals surface area contributed by atoms with Gasteiger partial charge in [-0.1, -0.05) is 0 Å². The van der Waals surface area contributed by atoms with Gasteiger partial charge in [0.25, 0.3) is 0 Å². The minimum atomic E-state index is -4.82. The first kappa shape index (κ1) is 15.5. The van der Waals surface area contributed by atoms with Gasteiger partial charge in [-0.25, -0.2) is 12.8 Å². The summed E-state index contributed by atoms with van der Waals surface area (Å²) in [6.45, 7) is 1.22. The molecule has 82 valence electrons. The predicted molar refractivity (Wildman–Crippen MR) is 48.7 cm³/mol. The topological polar surface area (TPSA) is 86.3 Å². The van der Waals surface area contributed by atoms with Gasteiger partial charge in [0.05, 0.1) is 4.90 Å². The molecule has 1 aromatic carbocycles. The van der Waals surface area contributed by atoms with Crippen LogP contribution in [-0.2, 0) is 14.9 Å². The molecule has 0 saturated carbocycles. The number of rotatable bonds is 2. The van der Waals surface area contributed by atoms with Crippen LogP contribution in [0, 0.1) is 5.82 Å². The number of hydrogen-bond donors (Lipinski definition) is 1. The number of carbonyl (C=O) groups is 1. The first-order chi connectivity index (χ1) is 6.80. The molecule has 0 aliphatic carbocycles. The summed E-state index contributed by atoms with van der Waals surface area (Å²) in [5.41, 5.74) is 0.0902. The molecule has 0 bridgehead atoms. The Hall–Kier alpha value is -0.470. The van der Waals surface area contributed by atoms with Gasteiger partial charge < -0.3 is 9.87 Å². The van der Waals surface area contributed by atoms with Crippen LogP contribution in [-0.4, -0.2) is 18.9 Å². The zero-order valence-electron chi connectivity index (χ0n) is 8.65. The Morgan fingerprint density at radius 1 is 1.44 bits per heavy atom. The fraction of sp³-hybridized carbons (Fsp3) is 0.125. The van der Waals surface area contributed by atoms with E-state index in [1.165, 1.54) is 6.92 Å². The number of benzene rings is 1. The monoisotopic (exact) mass is 255 g/mol. The summed E-state index contributed by atoms with van der Waals surface area (Å²) in [5, 5.41) is 2.25. The van der Waals surface area contributed by atoms with E-state index in [9.17, 15) is 22.2 Å². The second-order valence-corrected chi connectivity index (χ2v) is 4.13. The van der Waals surface area contributed by atoms with Crippen LogP contribution >= 0.6 is 0 Å². The van der Waals surface area contributed by atoms with Gasteiger partial charge in [0.1, 0.15) is 15.9 Å². The van der Waals surface area contributed by atoms with Crippen molar-refractivity contribution in [3.63, 3.8) is 0 Å². The van der Waals surface area contributed by atoms with Gasteiger partial charge in [-0.05, 0) is 18.2 Å². The molecule has 1 aromatic rings. The van der Waals surface area contributed by atoms with E-state index in [2.05, 4.69) is 5.32 Å². The first-order valence-corrected chi connectivity index (χ1v) is 5.24. The molecular formula is C8H7FNNaO4S. The zero-order chi connectivity index (χ0) is 11.6. The van der Waals surface area contributed by atoms with E-state index in [0.717, 1.165) is 18.2 Å². The quantitative estimate of drug-likeness (QED) is 0.475. The van der Waals surface area contributed by atoms with Crippen LogP contribution in [0.3, 0.4) is 0 Å². The molecule has 0 radical (unpaired) electrons. The largest absolute Gasteiger partial charge is 1.00 e. The van der Waals surface area contributed by atoms with E-state index in [-0.39, 0.29) is 35.2 Å². The zero-order valence-corrected chi connectivity index (χ0v) is 11.5. The predicted octanol–water partition coefficient (Wildman–Crippen LogP) is -2.31. The van der Waals surface area contributed by atoms with Crippen molar-refractivity contribution in [1.82, 2.24) is 0 Å². The molecule has 0 aliphatic heterocycles. The number of anilines is 1. The smallest absolute Gasteiger partial charge is 0.744 e. The van der Waals surface area contributed by atoms with E-state index in [1.807, 2.05) is 0 Å². The molecule has 0 atom stereocenters. The Balaban J connectivity index is 0.00000225. The third kappa shape index (κ3) is 4.18. The average Bonchev–Trinajstić information content (AvgIpc) is 1.99. The Morgan fingerprint density at radius 2 is 2.00 bits per heavy atom. The van der Waals surface area contributed by atoms with E-state index in [1.54, 1.807) is 0 Å². The standard InChI is InChI=1S/C8H8FNO4S.Na/c1-5(11)10-6-2-3-8(7(9)4-6)15(12,13)14;/h2-4H,1H3,(H,10,11)(H,12,13,14);/q;+1/p-1. The van der Waals surface area contributed by atoms with E-state index < -0.39 is 26.7 Å². The van der Waals surface area contributed by atoms with Crippen LogP contribution in [0.1, 0.15) is 6.92 Å². The third-order valence-electron chi connectivity index (χ3n) is 1.52. The van der Waals surface area contributed by atoms with Gasteiger partial charge in [0.15, 0.2) is 0 Å². The van der Waals surface area contributed by atoms with Crippen molar-refractivity contribution >= 4 is 21.7 Å². The molecule has 16 heavy (non-hydrogen) atoms. The number of halogens is 1. The van der Waals surface area contributed by atoms with Crippen LogP contribution in [0.15, 0.2) is 23.1 Å². The molecule has 0 aliphatic rings. The van der Waals surface area contributed by atoms with Crippen LogP contribution < -0.4 is 34.9 Å². The second kappa shape index (κ2) is 5.74. The van der Waals surface area contributed by atoms with E-state index in [0.29, 0.717) is 0 Å². The van der Waals surface area contributed by atoms with Crippen molar-refractivity contribution in [2.24, 2.45) is 0 Å². The molecule has 1 N–H and O–H groups in total. The van der Waals surface area contributed by atoms with Crippen molar-refractivity contribution in [3.05, 3.63) is 24.0 Å². The number of carbonyl (C=O) groups excluding carboxylic acids is 1. The third-order valence-corrected chi connectivity index (χ3v) is 2.39. The Kier molecular flexibility index (Phi) is 5.57. The van der Waals surface area contributed by atoms with Gasteiger partial charge in [-0.3, -0.25) is 4.79 Å². The van der Waals surface area contributed by atoms with Crippen molar-refractivity contribution < 1.29 is 51.7 Å². The van der Waals surface area contributed by atoms with Crippen LogP contribution in [0.4, 0.5) is 10.1 Å². The average molecular weight is 255 g/mol. The maximum atomic E-state index is 13.1. The number of amides is 1. The molecule has 0 spiro atoms. The SMILES string of the molecule is CC(=O)Nc1ccc(S(=O)(=O)[O-])c(F)c1.[Na+]. The Bertz CT molecular complexity index is 503. The van der Waals surface area contributed by atoms with Gasteiger partial charge in [-0.2, -0.15) is 0 Å². The molecule has 1 rings (SSSR count). The van der Waals surface area contributed by atoms with E-state index in [4.69, 9.17) is 0 Å². The van der Waals surface area contributed by atoms with Crippen LogP contribution in [0.5, 0.6) is 0 Å². The number of hydrogen-bond acceptors (Lipinski definition) is 4. The minimum Gasteiger partial charge on any atom is -0.744 e. The molecule has 5 nitrogen and oxygen atoms in total. The second-order valence-electron chi connectivity index (χ2n) is 2.78. The number of nitrogens with one attached hydrogen (secondary N) is 1. The van der Waals surface area contributed by atoms with Gasteiger partial charge in [0.2, 0.25) is 5.91 Å². The summed E-state index contributed by atoms with van der Waals surface area (Å²) in [7, 11) is -4.82. The van der Waals surface area contributed by atoms with Crippen molar-refractivity contribution in [2.45, 2.75) is 11.8 Å². The summed E-state index contributed by atoms with van der Waals surface area (Å²) >= 11 is 0. The summed E-state index contributed by atoms with van der Waals surface area (Å²) in [6, 6.07) is 2.71. The fourth-order valence-electron chi connectivity index (χ4n) is 0.985. The summed E-state index contributed by atoms with van der Waals surface area (Å²) in [6.07, 6.45) is 0. The van der Waals surface area contributed by atoms with Crippen molar-refractivity contribution in [3.8, 4) is 0 Å². The summed E-state index contributed by atoms with van der Waals surface area (Å²) in [5.74, 6) is -1.61. The molecule has 8 heteroatoms. The molecular weight excluding hydrogens is 248 g/mol. The maximum Gasteiger partial charge on any atom is 1.00 e. The molecule has 0 saturated heterocycles. The molecule has 0 heterocycles. The normalized spacial score (nSPS) is 10.4. The van der Waals surface area contributed by atoms with Gasteiger partial charge >= 0.3 is 29.6 Å². The molecule has 1 amide bonds. The minimum absolute atomic E-state index is 0.